The molecular weight excluding hydrogens is 128 g/mol. The lowest BCUT2D eigenvalue weighted by molar-refractivity contribution is -0.136. The Bertz CT molecular complexity index is 154. The van der Waals surface area contributed by atoms with E-state index in [1.165, 1.54) is 0 Å². The molecule has 1 heterocycles. The molecule has 1 rings (SSSR count). The zero-order chi connectivity index (χ0) is 7.78. The largest absolute Gasteiger partial charge is 0.338 e. The Labute approximate surface area is 61.4 Å². The van der Waals surface area contributed by atoms with E-state index in [1.54, 1.807) is 4.90 Å². The van der Waals surface area contributed by atoms with E-state index < -0.39 is 0 Å². The topological polar surface area (TPSA) is 34.4 Å². The highest BCUT2D eigenvalue weighted by atomic mass is 16.2. The van der Waals surface area contributed by atoms with Crippen molar-refractivity contribution in [1.82, 2.24) is 10.2 Å². The molecule has 0 atom stereocenters. The van der Waals surface area contributed by atoms with Gasteiger partial charge in [0.2, 0.25) is 5.91 Å². The Kier molecular flexibility index (Phi) is 1.68. The molecule has 1 aliphatic rings. The average Bonchev–Trinajstić information content (AvgIpc) is 1.83. The molecule has 0 spiro atoms. The molecule has 0 bridgehead atoms. The second-order valence-corrected chi connectivity index (χ2v) is 3.31. The van der Waals surface area contributed by atoms with Crippen molar-refractivity contribution in [2.24, 2.45) is 0 Å². The Balaban J connectivity index is 2.69. The summed E-state index contributed by atoms with van der Waals surface area (Å²) in [7, 11) is 1.83. The lowest BCUT2D eigenvalue weighted by atomic mass is 10.0. The molecule has 57 valence electrons. The molecule has 3 heteroatoms. The number of likely N-dealkylation sites (N-methyl/N-ethyl adjacent to an activating group) is 1. The quantitative estimate of drug-likeness (QED) is 0.461. The highest BCUT2D eigenvalue weighted by Crippen LogP contribution is 2.14. The van der Waals surface area contributed by atoms with Gasteiger partial charge in [-0.1, -0.05) is 0 Å². The first kappa shape index (κ1) is 7.54. The zero-order valence-electron chi connectivity index (χ0n) is 6.72. The van der Waals surface area contributed by atoms with Crippen LogP contribution in [0.15, 0.2) is 0 Å². The van der Waals surface area contributed by atoms with Crippen LogP contribution >= 0.6 is 0 Å². The fourth-order valence-corrected chi connectivity index (χ4v) is 0.975. The van der Waals surface area contributed by atoms with E-state index in [-0.39, 0.29) is 11.4 Å². The van der Waals surface area contributed by atoms with E-state index >= 15 is 0 Å². The molecule has 1 aliphatic heterocycles. The van der Waals surface area contributed by atoms with Crippen LogP contribution in [0.3, 0.4) is 0 Å². The van der Waals surface area contributed by atoms with Crippen molar-refractivity contribution in [2.75, 3.05) is 20.1 Å². The predicted octanol–water partition coefficient (Wildman–Crippen LogP) is -0.159. The van der Waals surface area contributed by atoms with Gasteiger partial charge in [0.25, 0.3) is 0 Å². The molecule has 0 unspecified atom stereocenters. The van der Waals surface area contributed by atoms with Crippen LogP contribution in [-0.4, -0.2) is 36.5 Å². The van der Waals surface area contributed by atoms with Gasteiger partial charge in [-0.15, -0.1) is 0 Å². The van der Waals surface area contributed by atoms with Gasteiger partial charge in [0.15, 0.2) is 0 Å². The first-order valence-corrected chi connectivity index (χ1v) is 3.44. The van der Waals surface area contributed by atoms with Crippen LogP contribution in [0, 0.1) is 0 Å². The number of carbonyl (C=O) groups excluding carboxylic acids is 1. The van der Waals surface area contributed by atoms with Gasteiger partial charge in [-0.2, -0.15) is 0 Å². The maximum absolute atomic E-state index is 11.0. The van der Waals surface area contributed by atoms with Gasteiger partial charge in [-0.05, 0) is 13.8 Å². The molecule has 1 saturated heterocycles. The van der Waals surface area contributed by atoms with Gasteiger partial charge in [0.05, 0.1) is 12.1 Å². The fraction of sp³-hybridized carbons (Fsp3) is 0.857. The van der Waals surface area contributed by atoms with E-state index in [9.17, 15) is 4.79 Å². The monoisotopic (exact) mass is 141 g/mol. The molecule has 1 amide bonds. The van der Waals surface area contributed by atoms with Crippen LogP contribution in [0.25, 0.3) is 0 Å². The van der Waals surface area contributed by atoms with E-state index in [0.717, 1.165) is 6.54 Å². The minimum atomic E-state index is -0.0741. The Morgan fingerprint density at radius 3 is 2.60 bits per heavy atom. The molecule has 0 aromatic heterocycles. The van der Waals surface area contributed by atoms with Crippen molar-refractivity contribution in [2.45, 2.75) is 19.4 Å². The number of rotatable bonds is 0. The third kappa shape index (κ3) is 1.14. The van der Waals surface area contributed by atoms with Crippen molar-refractivity contribution in [1.29, 1.82) is 0 Å². The third-order valence-corrected chi connectivity index (χ3v) is 2.03. The minimum absolute atomic E-state index is 0.0741. The van der Waals surface area contributed by atoms with Crippen LogP contribution in [0.4, 0.5) is 0 Å². The van der Waals surface area contributed by atoms with E-state index in [0.29, 0.717) is 6.54 Å². The standard InChI is InChI=1S/C7H13N2O/c1-7(2)5-8-4-6(10)9(7)3/h4-5H2,1-3H3. The first-order chi connectivity index (χ1) is 4.54. The molecule has 0 N–H and O–H groups in total. The highest BCUT2D eigenvalue weighted by molar-refractivity contribution is 5.79. The third-order valence-electron chi connectivity index (χ3n) is 2.03. The Morgan fingerprint density at radius 2 is 2.20 bits per heavy atom. The predicted molar refractivity (Wildman–Crippen MR) is 38.7 cm³/mol. The summed E-state index contributed by atoms with van der Waals surface area (Å²) >= 11 is 0. The maximum Gasteiger partial charge on any atom is 0.238 e. The number of amides is 1. The Morgan fingerprint density at radius 1 is 1.60 bits per heavy atom. The normalized spacial score (nSPS) is 25.1. The smallest absolute Gasteiger partial charge is 0.238 e. The second-order valence-electron chi connectivity index (χ2n) is 3.31. The maximum atomic E-state index is 11.0. The van der Waals surface area contributed by atoms with Crippen molar-refractivity contribution in [3.05, 3.63) is 0 Å². The molecular formula is C7H13N2O. The van der Waals surface area contributed by atoms with Crippen LogP contribution < -0.4 is 5.32 Å². The van der Waals surface area contributed by atoms with E-state index in [2.05, 4.69) is 5.32 Å². The average molecular weight is 141 g/mol. The molecule has 10 heavy (non-hydrogen) atoms. The van der Waals surface area contributed by atoms with E-state index in [4.69, 9.17) is 0 Å². The van der Waals surface area contributed by atoms with Gasteiger partial charge in [0.1, 0.15) is 0 Å². The van der Waals surface area contributed by atoms with Crippen LogP contribution in [-0.2, 0) is 4.79 Å². The summed E-state index contributed by atoms with van der Waals surface area (Å²) in [5.74, 6) is 0.122. The van der Waals surface area contributed by atoms with Crippen molar-refractivity contribution in [3.8, 4) is 0 Å². The number of piperazine rings is 1. The van der Waals surface area contributed by atoms with Gasteiger partial charge in [0, 0.05) is 13.6 Å². The summed E-state index contributed by atoms with van der Waals surface area (Å²) in [5.41, 5.74) is -0.0741. The van der Waals surface area contributed by atoms with Crippen LogP contribution in [0.5, 0.6) is 0 Å². The lowest BCUT2D eigenvalue weighted by Crippen LogP contribution is -2.56. The summed E-state index contributed by atoms with van der Waals surface area (Å²) < 4.78 is 0. The number of hydrogen-bond acceptors (Lipinski definition) is 1. The summed E-state index contributed by atoms with van der Waals surface area (Å²) in [6.45, 7) is 5.16. The first-order valence-electron chi connectivity index (χ1n) is 3.44. The lowest BCUT2D eigenvalue weighted by Gasteiger charge is -2.39. The SMILES string of the molecule is CN1C(=O)C[N]CC1(C)C. The number of nitrogens with zero attached hydrogens (tertiary/aromatic N) is 2. The Hall–Kier alpha value is -0.570. The van der Waals surface area contributed by atoms with Crippen LogP contribution in [0.1, 0.15) is 13.8 Å². The fourth-order valence-electron chi connectivity index (χ4n) is 0.975. The van der Waals surface area contributed by atoms with Crippen molar-refractivity contribution in [3.63, 3.8) is 0 Å². The molecule has 0 saturated carbocycles. The second kappa shape index (κ2) is 2.23. The van der Waals surface area contributed by atoms with Gasteiger partial charge < -0.3 is 4.90 Å². The van der Waals surface area contributed by atoms with Crippen LogP contribution in [0.2, 0.25) is 0 Å². The van der Waals surface area contributed by atoms with Gasteiger partial charge in [-0.25, -0.2) is 5.32 Å². The summed E-state index contributed by atoms with van der Waals surface area (Å²) in [5, 5.41) is 4.07. The molecule has 0 aliphatic carbocycles. The van der Waals surface area contributed by atoms with Crippen molar-refractivity contribution >= 4 is 5.91 Å². The highest BCUT2D eigenvalue weighted by Gasteiger charge is 2.31. The minimum Gasteiger partial charge on any atom is -0.338 e. The van der Waals surface area contributed by atoms with E-state index in [1.807, 2.05) is 20.9 Å². The zero-order valence-corrected chi connectivity index (χ0v) is 6.72. The number of carbonyl (C=O) groups is 1. The summed E-state index contributed by atoms with van der Waals surface area (Å²) in [6.07, 6.45) is 0. The molecule has 0 aromatic rings. The molecule has 1 radical (unpaired) electrons. The molecule has 1 fully saturated rings. The van der Waals surface area contributed by atoms with Crippen molar-refractivity contribution < 1.29 is 4.79 Å². The molecule has 0 aromatic carbocycles. The number of hydrogen-bond donors (Lipinski definition) is 0. The van der Waals surface area contributed by atoms with Gasteiger partial charge >= 0.3 is 0 Å². The summed E-state index contributed by atoms with van der Waals surface area (Å²) in [4.78, 5) is 12.8. The van der Waals surface area contributed by atoms with Gasteiger partial charge in [-0.3, -0.25) is 4.79 Å². The molecule has 3 nitrogen and oxygen atoms in total. The summed E-state index contributed by atoms with van der Waals surface area (Å²) in [6, 6.07) is 0.